The van der Waals surface area contributed by atoms with Crippen molar-refractivity contribution in [1.82, 2.24) is 5.32 Å². The van der Waals surface area contributed by atoms with Gasteiger partial charge in [0.15, 0.2) is 0 Å². The van der Waals surface area contributed by atoms with Crippen LogP contribution in [0.3, 0.4) is 0 Å². The summed E-state index contributed by atoms with van der Waals surface area (Å²) in [4.78, 5) is 15.9. The van der Waals surface area contributed by atoms with E-state index in [0.717, 1.165) is 53.5 Å². The molecule has 30 heavy (non-hydrogen) atoms. The fourth-order valence-electron chi connectivity index (χ4n) is 4.24. The van der Waals surface area contributed by atoms with Crippen molar-refractivity contribution in [2.24, 2.45) is 0 Å². The van der Waals surface area contributed by atoms with E-state index in [9.17, 15) is 4.79 Å². The zero-order valence-corrected chi connectivity index (χ0v) is 17.9. The summed E-state index contributed by atoms with van der Waals surface area (Å²) in [6.45, 7) is 5.99. The molecule has 0 bridgehead atoms. The number of rotatable bonds is 5. The molecule has 0 fully saturated rings. The fourth-order valence-corrected chi connectivity index (χ4v) is 5.59. The van der Waals surface area contributed by atoms with E-state index in [2.05, 4.69) is 17.6 Å². The zero-order valence-electron chi connectivity index (χ0n) is 17.0. The number of anilines is 1. The SMILES string of the molecule is CC[NH+]1CCc2c(sc3c2C(=O)N[C@H](c2cccc(OCc4ccccc4)c2)N3)C1. The number of benzene rings is 2. The standard InChI is InChI=1S/C24H25N3O2S/c1-2-27-12-11-19-20(14-27)30-24-21(19)23(28)25-22(26-24)17-9-6-10-18(13-17)29-15-16-7-4-3-5-8-16/h3-10,13,22,26H,2,11-12,14-15H2,1H3,(H,25,28)/p+1/t22-/m0/s1. The monoisotopic (exact) mass is 420 g/mol. The largest absolute Gasteiger partial charge is 0.489 e. The highest BCUT2D eigenvalue weighted by molar-refractivity contribution is 7.16. The molecule has 0 saturated carbocycles. The second-order valence-electron chi connectivity index (χ2n) is 7.89. The summed E-state index contributed by atoms with van der Waals surface area (Å²) in [6, 6.07) is 18.1. The molecule has 1 amide bonds. The highest BCUT2D eigenvalue weighted by atomic mass is 32.1. The molecule has 1 unspecified atom stereocenters. The van der Waals surface area contributed by atoms with E-state index in [-0.39, 0.29) is 12.1 Å². The molecule has 0 saturated heterocycles. The molecule has 6 heteroatoms. The number of hydrogen-bond donors (Lipinski definition) is 3. The van der Waals surface area contributed by atoms with E-state index >= 15 is 0 Å². The number of nitrogens with one attached hydrogen (secondary N) is 3. The van der Waals surface area contributed by atoms with Gasteiger partial charge in [0, 0.05) is 6.42 Å². The maximum atomic E-state index is 13.0. The number of fused-ring (bicyclic) bond motifs is 3. The Morgan fingerprint density at radius 1 is 1.13 bits per heavy atom. The lowest BCUT2D eigenvalue weighted by Crippen LogP contribution is -3.11. The molecule has 0 spiro atoms. The summed E-state index contributed by atoms with van der Waals surface area (Å²) in [5, 5.41) is 7.70. The van der Waals surface area contributed by atoms with Crippen molar-refractivity contribution in [3.05, 3.63) is 81.7 Å². The van der Waals surface area contributed by atoms with Crippen LogP contribution in [0.1, 0.15) is 45.0 Å². The predicted octanol–water partition coefficient (Wildman–Crippen LogP) is 3.14. The van der Waals surface area contributed by atoms with Crippen LogP contribution in [-0.4, -0.2) is 19.0 Å². The first-order valence-corrected chi connectivity index (χ1v) is 11.3. The van der Waals surface area contributed by atoms with Gasteiger partial charge >= 0.3 is 0 Å². The summed E-state index contributed by atoms with van der Waals surface area (Å²) in [7, 11) is 0. The van der Waals surface area contributed by atoms with Gasteiger partial charge in [-0.05, 0) is 35.7 Å². The van der Waals surface area contributed by atoms with E-state index in [1.54, 1.807) is 16.2 Å². The van der Waals surface area contributed by atoms with Gasteiger partial charge < -0.3 is 20.3 Å². The minimum Gasteiger partial charge on any atom is -0.489 e. The number of amides is 1. The Hall–Kier alpha value is -2.83. The molecule has 5 rings (SSSR count). The summed E-state index contributed by atoms with van der Waals surface area (Å²) in [5.41, 5.74) is 4.23. The first kappa shape index (κ1) is 19.2. The van der Waals surface area contributed by atoms with Crippen LogP contribution in [0.2, 0.25) is 0 Å². The first-order chi connectivity index (χ1) is 14.7. The Balaban J connectivity index is 1.34. The molecule has 154 valence electrons. The highest BCUT2D eigenvalue weighted by Crippen LogP contribution is 2.39. The maximum absolute atomic E-state index is 13.0. The van der Waals surface area contributed by atoms with Crippen molar-refractivity contribution >= 4 is 22.2 Å². The Bertz CT molecular complexity index is 1060. The Labute approximate surface area is 180 Å². The number of carbonyl (C=O) groups excluding carboxylic acids is 1. The number of ether oxygens (including phenoxy) is 1. The van der Waals surface area contributed by atoms with Crippen LogP contribution in [0.25, 0.3) is 0 Å². The van der Waals surface area contributed by atoms with E-state index < -0.39 is 0 Å². The van der Waals surface area contributed by atoms with Crippen LogP contribution >= 0.6 is 11.3 Å². The van der Waals surface area contributed by atoms with Crippen molar-refractivity contribution in [1.29, 1.82) is 0 Å². The van der Waals surface area contributed by atoms with Crippen LogP contribution in [-0.2, 0) is 19.6 Å². The van der Waals surface area contributed by atoms with E-state index in [4.69, 9.17) is 4.74 Å². The second kappa shape index (κ2) is 8.13. The molecule has 2 aromatic carbocycles. The molecular weight excluding hydrogens is 394 g/mol. The van der Waals surface area contributed by atoms with Gasteiger partial charge in [-0.3, -0.25) is 4.79 Å². The van der Waals surface area contributed by atoms with Crippen molar-refractivity contribution < 1.29 is 14.4 Å². The van der Waals surface area contributed by atoms with Crippen molar-refractivity contribution in [2.75, 3.05) is 18.4 Å². The topological polar surface area (TPSA) is 54.8 Å². The molecule has 1 aromatic heterocycles. The predicted molar refractivity (Wildman–Crippen MR) is 119 cm³/mol. The second-order valence-corrected chi connectivity index (χ2v) is 8.99. The number of likely N-dealkylation sites (N-methyl/N-ethyl adjacent to an activating group) is 1. The smallest absolute Gasteiger partial charge is 0.256 e. The normalized spacial score (nSPS) is 20.0. The number of hydrogen-bond acceptors (Lipinski definition) is 4. The minimum absolute atomic E-state index is 0.0294. The van der Waals surface area contributed by atoms with Gasteiger partial charge in [0.1, 0.15) is 30.1 Å². The van der Waals surface area contributed by atoms with Gasteiger partial charge in [-0.25, -0.2) is 0 Å². The molecule has 3 N–H and O–H groups in total. The summed E-state index contributed by atoms with van der Waals surface area (Å²) < 4.78 is 5.97. The molecule has 0 radical (unpaired) electrons. The molecule has 3 heterocycles. The van der Waals surface area contributed by atoms with Crippen LogP contribution in [0, 0.1) is 0 Å². The first-order valence-electron chi connectivity index (χ1n) is 10.5. The van der Waals surface area contributed by atoms with Crippen LogP contribution in [0.5, 0.6) is 5.75 Å². The van der Waals surface area contributed by atoms with E-state index in [0.29, 0.717) is 6.61 Å². The molecular formula is C24H26N3O2S+. The Morgan fingerprint density at radius 3 is 2.83 bits per heavy atom. The van der Waals surface area contributed by atoms with Gasteiger partial charge in [-0.2, -0.15) is 0 Å². The number of quaternary nitrogens is 1. The number of carbonyl (C=O) groups is 1. The third-order valence-electron chi connectivity index (χ3n) is 5.95. The lowest BCUT2D eigenvalue weighted by atomic mass is 10.0. The molecule has 0 aliphatic carbocycles. The Kier molecular flexibility index (Phi) is 5.19. The molecule has 2 aliphatic heterocycles. The summed E-state index contributed by atoms with van der Waals surface area (Å²) in [6.07, 6.45) is 0.729. The average molecular weight is 421 g/mol. The molecule has 3 aromatic rings. The number of thiophene rings is 1. The van der Waals surface area contributed by atoms with Crippen molar-refractivity contribution in [3.63, 3.8) is 0 Å². The summed E-state index contributed by atoms with van der Waals surface area (Å²) >= 11 is 1.75. The third-order valence-corrected chi connectivity index (χ3v) is 7.11. The summed E-state index contributed by atoms with van der Waals surface area (Å²) in [5.74, 6) is 0.827. The fraction of sp³-hybridized carbons (Fsp3) is 0.292. The van der Waals surface area contributed by atoms with Crippen molar-refractivity contribution in [3.8, 4) is 5.75 Å². The molecule has 2 aliphatic rings. The van der Waals surface area contributed by atoms with Gasteiger partial charge in [-0.15, -0.1) is 11.3 Å². The Morgan fingerprint density at radius 2 is 2.00 bits per heavy atom. The van der Waals surface area contributed by atoms with Gasteiger partial charge in [0.05, 0.1) is 23.5 Å². The third kappa shape index (κ3) is 3.68. The van der Waals surface area contributed by atoms with E-state index in [1.807, 2.05) is 54.6 Å². The van der Waals surface area contributed by atoms with Crippen molar-refractivity contribution in [2.45, 2.75) is 32.7 Å². The molecule has 5 nitrogen and oxygen atoms in total. The van der Waals surface area contributed by atoms with Crippen LogP contribution in [0.4, 0.5) is 5.00 Å². The van der Waals surface area contributed by atoms with Gasteiger partial charge in [0.2, 0.25) is 0 Å². The lowest BCUT2D eigenvalue weighted by molar-refractivity contribution is -0.913. The van der Waals surface area contributed by atoms with Gasteiger partial charge in [0.25, 0.3) is 5.91 Å². The zero-order chi connectivity index (χ0) is 20.5. The molecule has 2 atom stereocenters. The lowest BCUT2D eigenvalue weighted by Gasteiger charge is -2.27. The van der Waals surface area contributed by atoms with Crippen LogP contribution in [0.15, 0.2) is 54.6 Å². The minimum atomic E-state index is -0.250. The quantitative estimate of drug-likeness (QED) is 0.594. The maximum Gasteiger partial charge on any atom is 0.256 e. The average Bonchev–Trinajstić information content (AvgIpc) is 3.16. The van der Waals surface area contributed by atoms with Gasteiger partial charge in [-0.1, -0.05) is 42.5 Å². The highest BCUT2D eigenvalue weighted by Gasteiger charge is 2.34. The van der Waals surface area contributed by atoms with E-state index in [1.165, 1.54) is 10.4 Å². The van der Waals surface area contributed by atoms with Crippen LogP contribution < -0.4 is 20.3 Å².